The van der Waals surface area contributed by atoms with Gasteiger partial charge in [-0.1, -0.05) is 46.0 Å². The first-order valence-electron chi connectivity index (χ1n) is 6.42. The summed E-state index contributed by atoms with van der Waals surface area (Å²) in [5.41, 5.74) is -0.653. The number of halogens is 3. The van der Waals surface area contributed by atoms with Crippen molar-refractivity contribution in [2.45, 2.75) is 59.1 Å². The molecule has 104 valence electrons. The van der Waals surface area contributed by atoms with Crippen LogP contribution in [0.5, 0.6) is 0 Å². The molecule has 18 heavy (non-hydrogen) atoms. The number of hydrogen-bond acceptors (Lipinski definition) is 1. The van der Waals surface area contributed by atoms with Crippen molar-refractivity contribution in [2.75, 3.05) is 0 Å². The monoisotopic (exact) mass is 261 g/mol. The average Bonchev–Trinajstić information content (AvgIpc) is 2.30. The van der Waals surface area contributed by atoms with E-state index >= 15 is 0 Å². The normalized spacial score (nSPS) is 10.8. The molecule has 0 aliphatic rings. The van der Waals surface area contributed by atoms with Crippen LogP contribution >= 0.6 is 0 Å². The Morgan fingerprint density at radius 1 is 1.06 bits per heavy atom. The maximum Gasteiger partial charge on any atom is 0.418 e. The van der Waals surface area contributed by atoms with Crippen molar-refractivity contribution in [2.24, 2.45) is 0 Å². The zero-order valence-corrected chi connectivity index (χ0v) is 11.3. The number of alkyl halides is 3. The second kappa shape index (κ2) is 8.95. The quantitative estimate of drug-likeness (QED) is 0.662. The minimum Gasteiger partial charge on any atom is -0.261 e. The summed E-state index contributed by atoms with van der Waals surface area (Å²) in [7, 11) is 0. The Balaban J connectivity index is 0.000000360. The summed E-state index contributed by atoms with van der Waals surface area (Å²) in [5.74, 6) is 0. The first-order chi connectivity index (χ1) is 8.43. The SMILES string of the molecule is CCCCCCC.Cc1ncccc1C(F)(F)F. The van der Waals surface area contributed by atoms with Crippen LogP contribution in [0.1, 0.15) is 57.2 Å². The largest absolute Gasteiger partial charge is 0.418 e. The van der Waals surface area contributed by atoms with Crippen molar-refractivity contribution in [1.29, 1.82) is 0 Å². The lowest BCUT2D eigenvalue weighted by Crippen LogP contribution is -2.07. The number of aryl methyl sites for hydroxylation is 1. The topological polar surface area (TPSA) is 12.9 Å². The first kappa shape index (κ1) is 16.9. The summed E-state index contributed by atoms with van der Waals surface area (Å²) in [6, 6.07) is 2.29. The maximum atomic E-state index is 12.0. The zero-order valence-electron chi connectivity index (χ0n) is 11.3. The molecule has 1 aromatic rings. The van der Waals surface area contributed by atoms with Crippen LogP contribution in [0.25, 0.3) is 0 Å². The van der Waals surface area contributed by atoms with Crippen molar-refractivity contribution in [3.63, 3.8) is 0 Å². The molecule has 0 atom stereocenters. The van der Waals surface area contributed by atoms with E-state index in [9.17, 15) is 13.2 Å². The van der Waals surface area contributed by atoms with E-state index in [0.717, 1.165) is 6.07 Å². The van der Waals surface area contributed by atoms with Crippen molar-refractivity contribution in [1.82, 2.24) is 4.98 Å². The molecule has 0 bridgehead atoms. The molecule has 0 unspecified atom stereocenters. The van der Waals surface area contributed by atoms with E-state index in [0.29, 0.717) is 0 Å². The van der Waals surface area contributed by atoms with Crippen molar-refractivity contribution >= 4 is 0 Å². The summed E-state index contributed by atoms with van der Waals surface area (Å²) in [4.78, 5) is 3.53. The van der Waals surface area contributed by atoms with Gasteiger partial charge < -0.3 is 0 Å². The Kier molecular flexibility index (Phi) is 8.42. The molecule has 0 aliphatic heterocycles. The van der Waals surface area contributed by atoms with Crippen LogP contribution in [-0.2, 0) is 6.18 Å². The zero-order chi connectivity index (χ0) is 14.0. The van der Waals surface area contributed by atoms with Gasteiger partial charge in [0, 0.05) is 11.9 Å². The van der Waals surface area contributed by atoms with Gasteiger partial charge in [-0.2, -0.15) is 13.2 Å². The molecule has 0 aliphatic carbocycles. The molecule has 0 N–H and O–H groups in total. The third-order valence-electron chi connectivity index (χ3n) is 2.52. The Labute approximate surface area is 107 Å². The molecule has 0 amide bonds. The van der Waals surface area contributed by atoms with Crippen molar-refractivity contribution in [3.8, 4) is 0 Å². The van der Waals surface area contributed by atoms with Gasteiger partial charge in [-0.25, -0.2) is 0 Å². The molecule has 0 saturated carbocycles. The second-order valence-corrected chi connectivity index (χ2v) is 4.19. The highest BCUT2D eigenvalue weighted by atomic mass is 19.4. The number of pyridine rings is 1. The number of unbranched alkanes of at least 4 members (excludes halogenated alkanes) is 4. The van der Waals surface area contributed by atoms with E-state index in [2.05, 4.69) is 18.8 Å². The van der Waals surface area contributed by atoms with Gasteiger partial charge in [-0.05, 0) is 19.1 Å². The third-order valence-corrected chi connectivity index (χ3v) is 2.52. The van der Waals surface area contributed by atoms with E-state index in [-0.39, 0.29) is 5.69 Å². The van der Waals surface area contributed by atoms with Gasteiger partial charge in [0.2, 0.25) is 0 Å². The van der Waals surface area contributed by atoms with Gasteiger partial charge in [0.15, 0.2) is 0 Å². The molecular weight excluding hydrogens is 239 g/mol. The first-order valence-corrected chi connectivity index (χ1v) is 6.42. The summed E-state index contributed by atoms with van der Waals surface area (Å²) in [6.45, 7) is 5.83. The van der Waals surface area contributed by atoms with Crippen LogP contribution in [0.3, 0.4) is 0 Å². The summed E-state index contributed by atoms with van der Waals surface area (Å²) in [5, 5.41) is 0. The molecule has 1 rings (SSSR count). The minimum absolute atomic E-state index is 0.0139. The van der Waals surface area contributed by atoms with E-state index in [1.54, 1.807) is 0 Å². The minimum atomic E-state index is -4.28. The lowest BCUT2D eigenvalue weighted by atomic mass is 10.2. The summed E-state index contributed by atoms with van der Waals surface area (Å²) >= 11 is 0. The van der Waals surface area contributed by atoms with Crippen LogP contribution in [0.4, 0.5) is 13.2 Å². The summed E-state index contributed by atoms with van der Waals surface area (Å²) < 4.78 is 36.0. The molecule has 1 aromatic heterocycles. The lowest BCUT2D eigenvalue weighted by molar-refractivity contribution is -0.138. The van der Waals surface area contributed by atoms with Crippen LogP contribution in [0, 0.1) is 6.92 Å². The molecule has 4 heteroatoms. The van der Waals surface area contributed by atoms with Crippen LogP contribution in [0.15, 0.2) is 18.3 Å². The van der Waals surface area contributed by atoms with Crippen molar-refractivity contribution in [3.05, 3.63) is 29.6 Å². The Morgan fingerprint density at radius 2 is 1.61 bits per heavy atom. The molecule has 0 saturated heterocycles. The van der Waals surface area contributed by atoms with E-state index in [1.807, 2.05) is 0 Å². The van der Waals surface area contributed by atoms with Gasteiger partial charge >= 0.3 is 6.18 Å². The fourth-order valence-corrected chi connectivity index (χ4v) is 1.46. The number of rotatable bonds is 4. The highest BCUT2D eigenvalue weighted by Crippen LogP contribution is 2.30. The fourth-order valence-electron chi connectivity index (χ4n) is 1.46. The van der Waals surface area contributed by atoms with E-state index < -0.39 is 11.7 Å². The van der Waals surface area contributed by atoms with Gasteiger partial charge in [0.25, 0.3) is 0 Å². The van der Waals surface area contributed by atoms with Crippen LogP contribution < -0.4 is 0 Å². The molecule has 1 heterocycles. The fraction of sp³-hybridized carbons (Fsp3) is 0.643. The maximum absolute atomic E-state index is 12.0. The van der Waals surface area contributed by atoms with Crippen LogP contribution in [-0.4, -0.2) is 4.98 Å². The van der Waals surface area contributed by atoms with Gasteiger partial charge in [-0.15, -0.1) is 0 Å². The molecule has 1 nitrogen and oxygen atoms in total. The third kappa shape index (κ3) is 7.30. The highest BCUT2D eigenvalue weighted by molar-refractivity contribution is 5.21. The predicted octanol–water partition coefficient (Wildman–Crippen LogP) is 5.39. The molecule has 0 radical (unpaired) electrons. The predicted molar refractivity (Wildman–Crippen MR) is 68.4 cm³/mol. The Bertz CT molecular complexity index is 317. The summed E-state index contributed by atoms with van der Waals surface area (Å²) in [6.07, 6.45) is 4.07. The lowest BCUT2D eigenvalue weighted by Gasteiger charge is -2.07. The molecule has 0 spiro atoms. The van der Waals surface area contributed by atoms with Gasteiger partial charge in [0.1, 0.15) is 0 Å². The average molecular weight is 261 g/mol. The molecule has 0 aromatic carbocycles. The van der Waals surface area contributed by atoms with E-state index in [1.165, 1.54) is 51.3 Å². The van der Waals surface area contributed by atoms with Gasteiger partial charge in [0.05, 0.1) is 5.56 Å². The molecular formula is C14H22F3N. The highest BCUT2D eigenvalue weighted by Gasteiger charge is 2.32. The second-order valence-electron chi connectivity index (χ2n) is 4.19. The smallest absolute Gasteiger partial charge is 0.261 e. The van der Waals surface area contributed by atoms with Gasteiger partial charge in [-0.3, -0.25) is 4.98 Å². The Hall–Kier alpha value is -1.06. The standard InChI is InChI=1S/C7H6F3N.C7H16/c1-5-6(7(8,9)10)3-2-4-11-5;1-3-5-7-6-4-2/h2-4H,1H3;3-7H2,1-2H3. The Morgan fingerprint density at radius 3 is 1.94 bits per heavy atom. The van der Waals surface area contributed by atoms with Crippen LogP contribution in [0.2, 0.25) is 0 Å². The van der Waals surface area contributed by atoms with E-state index in [4.69, 9.17) is 0 Å². The van der Waals surface area contributed by atoms with Crippen molar-refractivity contribution < 1.29 is 13.2 Å². The number of aromatic nitrogens is 1. The number of nitrogens with zero attached hydrogens (tertiary/aromatic N) is 1. The number of hydrogen-bond donors (Lipinski definition) is 0. The molecule has 0 fully saturated rings.